The van der Waals surface area contributed by atoms with Crippen LogP contribution in [0.5, 0.6) is 11.5 Å². The van der Waals surface area contributed by atoms with Gasteiger partial charge in [0.05, 0.1) is 6.61 Å². The van der Waals surface area contributed by atoms with Crippen molar-refractivity contribution in [1.82, 2.24) is 0 Å². The smallest absolute Gasteiger partial charge is 0.266 e. The minimum Gasteiger partial charge on any atom is -0.504 e. The van der Waals surface area contributed by atoms with Gasteiger partial charge in [0.15, 0.2) is 11.5 Å². The molecule has 2 N–H and O–H groups in total. The number of anilines is 1. The van der Waals surface area contributed by atoms with Gasteiger partial charge < -0.3 is 15.2 Å². The van der Waals surface area contributed by atoms with E-state index >= 15 is 0 Å². The summed E-state index contributed by atoms with van der Waals surface area (Å²) in [7, 11) is 0. The van der Waals surface area contributed by atoms with Crippen LogP contribution in [-0.2, 0) is 4.79 Å². The second kappa shape index (κ2) is 9.44. The Kier molecular flexibility index (Phi) is 7.01. The van der Waals surface area contributed by atoms with E-state index in [0.717, 1.165) is 6.42 Å². The van der Waals surface area contributed by atoms with Crippen molar-refractivity contribution in [1.29, 1.82) is 5.26 Å². The maximum atomic E-state index is 12.4. The van der Waals surface area contributed by atoms with Crippen LogP contribution in [0.1, 0.15) is 44.2 Å². The van der Waals surface area contributed by atoms with Crippen LogP contribution in [0.25, 0.3) is 6.08 Å². The lowest BCUT2D eigenvalue weighted by Gasteiger charge is -2.10. The van der Waals surface area contributed by atoms with Gasteiger partial charge in [-0.25, -0.2) is 0 Å². The molecule has 0 aliphatic rings. The fourth-order valence-electron chi connectivity index (χ4n) is 2.54. The summed E-state index contributed by atoms with van der Waals surface area (Å²) in [4.78, 5) is 12.4. The molecule has 2 aromatic rings. The first-order chi connectivity index (χ1) is 13.0. The molecule has 0 spiro atoms. The van der Waals surface area contributed by atoms with E-state index in [4.69, 9.17) is 4.74 Å². The first kappa shape index (κ1) is 20.1. The number of phenolic OH excluding ortho intramolecular Hbond substituents is 1. The van der Waals surface area contributed by atoms with Crippen LogP contribution < -0.4 is 10.1 Å². The Morgan fingerprint density at radius 3 is 2.56 bits per heavy atom. The molecule has 2 rings (SSSR count). The standard InChI is InChI=1S/C22H24N2O3/c1-4-15(3)17-7-9-19(10-8-17)24-22(26)18(14-23)12-16-6-11-20(25)21(13-16)27-5-2/h6-13,15,25H,4-5H2,1-3H3,(H,24,26)/b18-12+/t15-/m0/s1. The number of amides is 1. The molecule has 0 saturated heterocycles. The van der Waals surface area contributed by atoms with Crippen molar-refractivity contribution in [3.8, 4) is 17.6 Å². The molecule has 0 bridgehead atoms. The maximum Gasteiger partial charge on any atom is 0.266 e. The van der Waals surface area contributed by atoms with E-state index in [9.17, 15) is 15.2 Å². The number of rotatable bonds is 7. The number of ether oxygens (including phenoxy) is 1. The van der Waals surface area contributed by atoms with Crippen LogP contribution in [0.3, 0.4) is 0 Å². The highest BCUT2D eigenvalue weighted by Gasteiger charge is 2.11. The van der Waals surface area contributed by atoms with Gasteiger partial charge in [-0.05, 0) is 60.7 Å². The van der Waals surface area contributed by atoms with E-state index in [1.165, 1.54) is 17.7 Å². The summed E-state index contributed by atoms with van der Waals surface area (Å²) in [6.45, 7) is 6.49. The first-order valence-corrected chi connectivity index (χ1v) is 8.97. The van der Waals surface area contributed by atoms with Crippen LogP contribution in [0.15, 0.2) is 48.0 Å². The number of hydrogen-bond donors (Lipinski definition) is 2. The SMILES string of the molecule is CCOc1cc(/C=C(\C#N)C(=O)Nc2ccc([C@@H](C)CC)cc2)ccc1O. The summed E-state index contributed by atoms with van der Waals surface area (Å²) in [6.07, 6.45) is 2.51. The predicted molar refractivity (Wildman–Crippen MR) is 107 cm³/mol. The second-order valence-electron chi connectivity index (χ2n) is 6.22. The molecule has 1 amide bonds. The number of nitrogens with zero attached hydrogens (tertiary/aromatic N) is 1. The molecule has 5 heteroatoms. The van der Waals surface area contributed by atoms with Crippen LogP contribution in [-0.4, -0.2) is 17.6 Å². The number of hydrogen-bond acceptors (Lipinski definition) is 4. The average Bonchev–Trinajstić information content (AvgIpc) is 2.68. The minimum atomic E-state index is -0.486. The van der Waals surface area contributed by atoms with Gasteiger partial charge in [-0.15, -0.1) is 0 Å². The van der Waals surface area contributed by atoms with E-state index in [1.54, 1.807) is 12.1 Å². The monoisotopic (exact) mass is 364 g/mol. The third-order valence-corrected chi connectivity index (χ3v) is 4.31. The van der Waals surface area contributed by atoms with Crippen LogP contribution in [0, 0.1) is 11.3 Å². The van der Waals surface area contributed by atoms with Gasteiger partial charge in [-0.2, -0.15) is 5.26 Å². The highest BCUT2D eigenvalue weighted by molar-refractivity contribution is 6.09. The van der Waals surface area contributed by atoms with Crippen LogP contribution >= 0.6 is 0 Å². The summed E-state index contributed by atoms with van der Waals surface area (Å²) in [5.41, 5.74) is 2.40. The Morgan fingerprint density at radius 2 is 1.96 bits per heavy atom. The Balaban J connectivity index is 2.17. The molecule has 140 valence electrons. The lowest BCUT2D eigenvalue weighted by atomic mass is 9.98. The summed E-state index contributed by atoms with van der Waals surface area (Å²) >= 11 is 0. The Hall–Kier alpha value is -3.26. The van der Waals surface area contributed by atoms with E-state index in [0.29, 0.717) is 29.5 Å². The van der Waals surface area contributed by atoms with Crippen LogP contribution in [0.2, 0.25) is 0 Å². The lowest BCUT2D eigenvalue weighted by molar-refractivity contribution is -0.112. The van der Waals surface area contributed by atoms with Gasteiger partial charge in [0, 0.05) is 5.69 Å². The predicted octanol–water partition coefficient (Wildman–Crippen LogP) is 4.85. The highest BCUT2D eigenvalue weighted by Crippen LogP contribution is 2.28. The fourth-order valence-corrected chi connectivity index (χ4v) is 2.54. The molecule has 0 radical (unpaired) electrons. The topological polar surface area (TPSA) is 82.3 Å². The van der Waals surface area contributed by atoms with Crippen molar-refractivity contribution in [3.05, 3.63) is 59.2 Å². The molecule has 2 aromatic carbocycles. The molecule has 5 nitrogen and oxygen atoms in total. The fraction of sp³-hybridized carbons (Fsp3) is 0.273. The van der Waals surface area contributed by atoms with Gasteiger partial charge >= 0.3 is 0 Å². The van der Waals surface area contributed by atoms with Gasteiger partial charge in [0.25, 0.3) is 5.91 Å². The van der Waals surface area contributed by atoms with Crippen molar-refractivity contribution in [3.63, 3.8) is 0 Å². The first-order valence-electron chi connectivity index (χ1n) is 8.97. The van der Waals surface area contributed by atoms with Gasteiger partial charge in [0.1, 0.15) is 11.6 Å². The van der Waals surface area contributed by atoms with E-state index in [-0.39, 0.29) is 11.3 Å². The van der Waals surface area contributed by atoms with Gasteiger partial charge in [-0.3, -0.25) is 4.79 Å². The molecular weight excluding hydrogens is 340 g/mol. The summed E-state index contributed by atoms with van der Waals surface area (Å²) in [5.74, 6) is 0.293. The number of nitriles is 1. The normalized spacial score (nSPS) is 12.1. The highest BCUT2D eigenvalue weighted by atomic mass is 16.5. The zero-order valence-electron chi connectivity index (χ0n) is 15.8. The third-order valence-electron chi connectivity index (χ3n) is 4.31. The molecule has 0 aliphatic heterocycles. The number of phenols is 1. The quantitative estimate of drug-likeness (QED) is 0.543. The van der Waals surface area contributed by atoms with Gasteiger partial charge in [0.2, 0.25) is 0 Å². The van der Waals surface area contributed by atoms with Crippen molar-refractivity contribution in [2.24, 2.45) is 0 Å². The number of nitrogens with one attached hydrogen (secondary N) is 1. The largest absolute Gasteiger partial charge is 0.504 e. The van der Waals surface area contributed by atoms with E-state index in [2.05, 4.69) is 19.2 Å². The third kappa shape index (κ3) is 5.35. The van der Waals surface area contributed by atoms with Crippen molar-refractivity contribution >= 4 is 17.7 Å². The Labute approximate surface area is 159 Å². The van der Waals surface area contributed by atoms with Crippen molar-refractivity contribution < 1.29 is 14.6 Å². The van der Waals surface area contributed by atoms with Crippen molar-refractivity contribution in [2.45, 2.75) is 33.1 Å². The molecule has 0 heterocycles. The number of aromatic hydroxyl groups is 1. The number of carbonyl (C=O) groups excluding carboxylic acids is 1. The Bertz CT molecular complexity index is 864. The summed E-state index contributed by atoms with van der Waals surface area (Å²) in [5, 5.41) is 21.8. The molecule has 0 unspecified atom stereocenters. The molecule has 0 aromatic heterocycles. The molecule has 0 fully saturated rings. The minimum absolute atomic E-state index is 0.0124. The molecule has 1 atom stereocenters. The molecule has 0 saturated carbocycles. The van der Waals surface area contributed by atoms with E-state index < -0.39 is 5.91 Å². The van der Waals surface area contributed by atoms with Crippen LogP contribution in [0.4, 0.5) is 5.69 Å². The second-order valence-corrected chi connectivity index (χ2v) is 6.22. The maximum absolute atomic E-state index is 12.4. The average molecular weight is 364 g/mol. The van der Waals surface area contributed by atoms with Gasteiger partial charge in [-0.1, -0.05) is 32.0 Å². The summed E-state index contributed by atoms with van der Waals surface area (Å²) < 4.78 is 5.33. The molecule has 0 aliphatic carbocycles. The molecule has 27 heavy (non-hydrogen) atoms. The number of benzene rings is 2. The van der Waals surface area contributed by atoms with E-state index in [1.807, 2.05) is 37.3 Å². The zero-order chi connectivity index (χ0) is 19.8. The zero-order valence-corrected chi connectivity index (χ0v) is 15.8. The summed E-state index contributed by atoms with van der Waals surface area (Å²) in [6, 6.07) is 14.2. The molecular formula is C22H24N2O3. The van der Waals surface area contributed by atoms with Crippen molar-refractivity contribution in [2.75, 3.05) is 11.9 Å². The number of carbonyl (C=O) groups is 1. The lowest BCUT2D eigenvalue weighted by Crippen LogP contribution is -2.13. The Morgan fingerprint density at radius 1 is 1.26 bits per heavy atom.